The van der Waals surface area contributed by atoms with Gasteiger partial charge < -0.3 is 10.4 Å². The van der Waals surface area contributed by atoms with Crippen molar-refractivity contribution in [1.82, 2.24) is 15.1 Å². The summed E-state index contributed by atoms with van der Waals surface area (Å²) in [5, 5.41) is 16.2. The van der Waals surface area contributed by atoms with E-state index in [1.165, 1.54) is 0 Å². The fourth-order valence-electron chi connectivity index (χ4n) is 1.53. The van der Waals surface area contributed by atoms with Crippen LogP contribution in [-0.4, -0.2) is 27.4 Å². The van der Waals surface area contributed by atoms with E-state index in [4.69, 9.17) is 5.11 Å². The zero-order chi connectivity index (χ0) is 12.0. The van der Waals surface area contributed by atoms with Gasteiger partial charge in [0.15, 0.2) is 0 Å². The summed E-state index contributed by atoms with van der Waals surface area (Å²) in [6, 6.07) is -0.141. The van der Waals surface area contributed by atoms with E-state index in [-0.39, 0.29) is 12.5 Å². The van der Waals surface area contributed by atoms with Gasteiger partial charge in [-0.3, -0.25) is 9.48 Å². The molecule has 0 spiro atoms. The topological polar surface area (TPSA) is 67.2 Å². The lowest BCUT2D eigenvalue weighted by atomic mass is 10.1. The summed E-state index contributed by atoms with van der Waals surface area (Å²) in [7, 11) is 0. The maximum atomic E-state index is 10.8. The van der Waals surface area contributed by atoms with Gasteiger partial charge in [-0.1, -0.05) is 6.92 Å². The van der Waals surface area contributed by atoms with Gasteiger partial charge in [-0.25, -0.2) is 0 Å². The minimum absolute atomic E-state index is 0.0927. The number of hydrogen-bond donors (Lipinski definition) is 2. The molecule has 0 aromatic carbocycles. The largest absolute Gasteiger partial charge is 0.481 e. The van der Waals surface area contributed by atoms with Crippen molar-refractivity contribution in [3.05, 3.63) is 18.0 Å². The van der Waals surface area contributed by atoms with Crippen molar-refractivity contribution in [3.63, 3.8) is 0 Å². The van der Waals surface area contributed by atoms with Gasteiger partial charge in [0.1, 0.15) is 0 Å². The van der Waals surface area contributed by atoms with E-state index in [0.29, 0.717) is 0 Å². The highest BCUT2D eigenvalue weighted by molar-refractivity contribution is 5.67. The first kappa shape index (κ1) is 12.7. The van der Waals surface area contributed by atoms with Crippen LogP contribution in [0.4, 0.5) is 0 Å². The molecule has 5 heteroatoms. The van der Waals surface area contributed by atoms with Crippen molar-refractivity contribution >= 4 is 5.97 Å². The molecule has 1 rings (SSSR count). The predicted molar refractivity (Wildman–Crippen MR) is 61.2 cm³/mol. The fourth-order valence-corrected chi connectivity index (χ4v) is 1.53. The summed E-state index contributed by atoms with van der Waals surface area (Å²) in [4.78, 5) is 10.8. The Hall–Kier alpha value is -1.36. The van der Waals surface area contributed by atoms with Gasteiger partial charge in [0, 0.05) is 24.3 Å². The highest BCUT2D eigenvalue weighted by Crippen LogP contribution is 2.16. The van der Waals surface area contributed by atoms with Crippen molar-refractivity contribution in [2.75, 3.05) is 6.54 Å². The zero-order valence-electron chi connectivity index (χ0n) is 9.81. The predicted octanol–water partition coefficient (Wildman–Crippen LogP) is 1.42. The third-order valence-corrected chi connectivity index (χ3v) is 2.40. The average Bonchev–Trinajstić information content (AvgIpc) is 2.72. The summed E-state index contributed by atoms with van der Waals surface area (Å²) >= 11 is 0. The smallest absolute Gasteiger partial charge is 0.305 e. The van der Waals surface area contributed by atoms with E-state index in [2.05, 4.69) is 17.3 Å². The summed E-state index contributed by atoms with van der Waals surface area (Å²) in [5.74, 6) is -0.794. The van der Waals surface area contributed by atoms with Crippen LogP contribution in [0.3, 0.4) is 0 Å². The minimum atomic E-state index is -0.794. The molecule has 1 atom stereocenters. The van der Waals surface area contributed by atoms with Gasteiger partial charge in [0.2, 0.25) is 0 Å². The maximum Gasteiger partial charge on any atom is 0.305 e. The number of nitrogens with zero attached hydrogens (tertiary/aromatic N) is 2. The molecule has 1 aromatic heterocycles. The summed E-state index contributed by atoms with van der Waals surface area (Å²) in [6.45, 7) is 5.67. The Morgan fingerprint density at radius 2 is 2.38 bits per heavy atom. The molecule has 0 amide bonds. The van der Waals surface area contributed by atoms with Crippen molar-refractivity contribution in [2.45, 2.75) is 39.3 Å². The quantitative estimate of drug-likeness (QED) is 0.736. The molecule has 5 nitrogen and oxygen atoms in total. The number of aromatic nitrogens is 2. The van der Waals surface area contributed by atoms with Gasteiger partial charge >= 0.3 is 5.97 Å². The number of hydrogen-bond acceptors (Lipinski definition) is 3. The summed E-state index contributed by atoms with van der Waals surface area (Å²) in [6.07, 6.45) is 4.71. The summed E-state index contributed by atoms with van der Waals surface area (Å²) in [5.41, 5.74) is 0.942. The van der Waals surface area contributed by atoms with Crippen LogP contribution in [0.15, 0.2) is 12.4 Å². The first-order chi connectivity index (χ1) is 7.67. The Balaban J connectivity index is 2.69. The van der Waals surface area contributed by atoms with Crippen molar-refractivity contribution < 1.29 is 9.90 Å². The van der Waals surface area contributed by atoms with Crippen molar-refractivity contribution in [1.29, 1.82) is 0 Å². The van der Waals surface area contributed by atoms with Gasteiger partial charge in [-0.2, -0.15) is 5.10 Å². The summed E-state index contributed by atoms with van der Waals surface area (Å²) < 4.78 is 1.80. The van der Waals surface area contributed by atoms with Gasteiger partial charge in [-0.15, -0.1) is 0 Å². The molecule has 1 unspecified atom stereocenters. The molecule has 0 saturated heterocycles. The van der Waals surface area contributed by atoms with E-state index in [1.54, 1.807) is 10.9 Å². The van der Waals surface area contributed by atoms with Crippen LogP contribution in [0.5, 0.6) is 0 Å². The highest BCUT2D eigenvalue weighted by atomic mass is 16.4. The van der Waals surface area contributed by atoms with Crippen molar-refractivity contribution in [3.8, 4) is 0 Å². The number of aryl methyl sites for hydroxylation is 1. The van der Waals surface area contributed by atoms with Crippen LogP contribution in [0.1, 0.15) is 38.3 Å². The van der Waals surface area contributed by atoms with Crippen LogP contribution >= 0.6 is 0 Å². The van der Waals surface area contributed by atoms with Gasteiger partial charge in [0.05, 0.1) is 12.6 Å². The molecule has 1 heterocycles. The zero-order valence-corrected chi connectivity index (χ0v) is 9.81. The number of carboxylic acid groups (broad SMARTS) is 1. The molecule has 0 aliphatic carbocycles. The number of carbonyl (C=O) groups is 1. The lowest BCUT2D eigenvalue weighted by Crippen LogP contribution is -2.24. The molecule has 16 heavy (non-hydrogen) atoms. The van der Waals surface area contributed by atoms with Crippen LogP contribution in [0, 0.1) is 0 Å². The Morgan fingerprint density at radius 3 is 2.88 bits per heavy atom. The van der Waals surface area contributed by atoms with E-state index < -0.39 is 5.97 Å². The van der Waals surface area contributed by atoms with E-state index in [1.807, 2.05) is 13.1 Å². The second-order valence-electron chi connectivity index (χ2n) is 3.73. The minimum Gasteiger partial charge on any atom is -0.481 e. The molecule has 0 radical (unpaired) electrons. The third kappa shape index (κ3) is 3.66. The maximum absolute atomic E-state index is 10.8. The SMILES string of the molecule is CCCNC(CC(=O)O)c1cnn(CC)c1. The second kappa shape index (κ2) is 6.27. The van der Waals surface area contributed by atoms with Crippen LogP contribution in [0.2, 0.25) is 0 Å². The normalized spacial score (nSPS) is 12.6. The number of carboxylic acids is 1. The van der Waals surface area contributed by atoms with Gasteiger partial charge in [-0.05, 0) is 19.9 Å². The molecule has 0 fully saturated rings. The fraction of sp³-hybridized carbons (Fsp3) is 0.636. The Kier molecular flexibility index (Phi) is 4.98. The third-order valence-electron chi connectivity index (χ3n) is 2.40. The second-order valence-corrected chi connectivity index (χ2v) is 3.73. The average molecular weight is 225 g/mol. The van der Waals surface area contributed by atoms with E-state index >= 15 is 0 Å². The highest BCUT2D eigenvalue weighted by Gasteiger charge is 2.16. The lowest BCUT2D eigenvalue weighted by Gasteiger charge is -2.14. The van der Waals surface area contributed by atoms with Crippen LogP contribution in [-0.2, 0) is 11.3 Å². The molecule has 0 bridgehead atoms. The van der Waals surface area contributed by atoms with E-state index in [0.717, 1.165) is 25.1 Å². The van der Waals surface area contributed by atoms with E-state index in [9.17, 15) is 4.79 Å². The molecule has 90 valence electrons. The molecule has 0 saturated carbocycles. The Bertz CT molecular complexity index is 336. The molecular weight excluding hydrogens is 206 g/mol. The van der Waals surface area contributed by atoms with Crippen LogP contribution < -0.4 is 5.32 Å². The molecular formula is C11H19N3O2. The monoisotopic (exact) mass is 225 g/mol. The standard InChI is InChI=1S/C11H19N3O2/c1-3-5-12-10(6-11(15)16)9-7-13-14(4-2)8-9/h7-8,10,12H,3-6H2,1-2H3,(H,15,16). The number of nitrogens with one attached hydrogen (secondary N) is 1. The first-order valence-electron chi connectivity index (χ1n) is 5.64. The number of aliphatic carboxylic acids is 1. The Morgan fingerprint density at radius 1 is 1.62 bits per heavy atom. The molecule has 0 aliphatic heterocycles. The lowest BCUT2D eigenvalue weighted by molar-refractivity contribution is -0.137. The van der Waals surface area contributed by atoms with Gasteiger partial charge in [0.25, 0.3) is 0 Å². The number of rotatable bonds is 7. The molecule has 1 aromatic rings. The first-order valence-corrected chi connectivity index (χ1v) is 5.64. The Labute approximate surface area is 95.5 Å². The van der Waals surface area contributed by atoms with Crippen LogP contribution in [0.25, 0.3) is 0 Å². The molecule has 2 N–H and O–H groups in total. The molecule has 0 aliphatic rings. The van der Waals surface area contributed by atoms with Crippen molar-refractivity contribution in [2.24, 2.45) is 0 Å².